The smallest absolute Gasteiger partial charge is 0.249 e. The lowest BCUT2D eigenvalue weighted by atomic mass is 9.73. The van der Waals surface area contributed by atoms with Crippen molar-refractivity contribution in [2.75, 3.05) is 26.7 Å². The van der Waals surface area contributed by atoms with Crippen molar-refractivity contribution in [3.63, 3.8) is 0 Å². The van der Waals surface area contributed by atoms with E-state index in [1.807, 2.05) is 73.4 Å². The maximum absolute atomic E-state index is 14.6. The van der Waals surface area contributed by atoms with Crippen molar-refractivity contribution in [3.8, 4) is 0 Å². The van der Waals surface area contributed by atoms with E-state index in [0.29, 0.717) is 19.5 Å². The first kappa shape index (κ1) is 26.6. The Morgan fingerprint density at radius 2 is 1.71 bits per heavy atom. The quantitative estimate of drug-likeness (QED) is 0.558. The number of hydrogen-bond donors (Lipinski definition) is 1. The van der Waals surface area contributed by atoms with Gasteiger partial charge in [-0.2, -0.15) is 0 Å². The molecule has 1 N–H and O–H groups in total. The largest absolute Gasteiger partial charge is 0.394 e. The van der Waals surface area contributed by atoms with Crippen molar-refractivity contribution in [1.29, 1.82) is 0 Å². The van der Waals surface area contributed by atoms with E-state index >= 15 is 0 Å². The highest BCUT2D eigenvalue weighted by molar-refractivity contribution is 6.00. The SMILES string of the molecule is CCCC(C)N1CC=C[C@]23O[C@]4(CC)C=CCN(C)C(=O)[C@@H]4[C@H]2C(=O)N([C@H](CO)c2ccccc2)C3C1=O. The number of aliphatic hydroxyl groups is 1. The maximum Gasteiger partial charge on any atom is 0.249 e. The van der Waals surface area contributed by atoms with E-state index in [0.717, 1.165) is 18.4 Å². The van der Waals surface area contributed by atoms with Crippen molar-refractivity contribution < 1.29 is 24.2 Å². The van der Waals surface area contributed by atoms with Crippen LogP contribution in [0.15, 0.2) is 54.6 Å². The summed E-state index contributed by atoms with van der Waals surface area (Å²) in [4.78, 5) is 48.0. The summed E-state index contributed by atoms with van der Waals surface area (Å²) in [6.45, 7) is 6.56. The van der Waals surface area contributed by atoms with Crippen molar-refractivity contribution in [3.05, 3.63) is 60.2 Å². The van der Waals surface area contributed by atoms with E-state index in [2.05, 4.69) is 6.92 Å². The van der Waals surface area contributed by atoms with Crippen molar-refractivity contribution in [2.45, 2.75) is 69.4 Å². The van der Waals surface area contributed by atoms with Gasteiger partial charge in [-0.15, -0.1) is 0 Å². The van der Waals surface area contributed by atoms with Gasteiger partial charge in [-0.3, -0.25) is 14.4 Å². The van der Waals surface area contributed by atoms with Gasteiger partial charge in [0.2, 0.25) is 17.7 Å². The molecular weight excluding hydrogens is 482 g/mol. The molecule has 0 aliphatic carbocycles. The highest BCUT2D eigenvalue weighted by Gasteiger charge is 2.76. The third kappa shape index (κ3) is 3.75. The van der Waals surface area contributed by atoms with E-state index in [9.17, 15) is 19.5 Å². The average molecular weight is 522 g/mol. The Morgan fingerprint density at radius 1 is 1.00 bits per heavy atom. The lowest BCUT2D eigenvalue weighted by Gasteiger charge is -2.41. The Hall–Kier alpha value is -2.97. The van der Waals surface area contributed by atoms with E-state index in [-0.39, 0.29) is 30.4 Å². The fourth-order valence-electron chi connectivity index (χ4n) is 7.17. The number of aliphatic hydroxyl groups excluding tert-OH is 1. The predicted octanol–water partition coefficient (Wildman–Crippen LogP) is 2.70. The van der Waals surface area contributed by atoms with Crippen molar-refractivity contribution in [1.82, 2.24) is 14.7 Å². The topological polar surface area (TPSA) is 90.4 Å². The van der Waals surface area contributed by atoms with Crippen LogP contribution in [-0.4, -0.2) is 87.6 Å². The number of likely N-dealkylation sites (N-methyl/N-ethyl adjacent to an activating group) is 1. The molecule has 4 aliphatic rings. The van der Waals surface area contributed by atoms with Crippen LogP contribution in [0.2, 0.25) is 0 Å². The third-order valence-corrected chi connectivity index (χ3v) is 9.04. The summed E-state index contributed by atoms with van der Waals surface area (Å²) in [5.41, 5.74) is -1.59. The first-order valence-electron chi connectivity index (χ1n) is 13.8. The second kappa shape index (κ2) is 9.97. The molecular formula is C30H39N3O5. The first-order chi connectivity index (χ1) is 18.3. The monoisotopic (exact) mass is 521 g/mol. The normalized spacial score (nSPS) is 34.1. The van der Waals surface area contributed by atoms with Crippen LogP contribution in [-0.2, 0) is 19.1 Å². The number of rotatable bonds is 7. The average Bonchev–Trinajstić information content (AvgIpc) is 3.21. The van der Waals surface area contributed by atoms with Crippen LogP contribution in [0.25, 0.3) is 0 Å². The number of nitrogens with zero attached hydrogens (tertiary/aromatic N) is 3. The van der Waals surface area contributed by atoms with Gasteiger partial charge in [0.05, 0.1) is 30.1 Å². The Morgan fingerprint density at radius 3 is 2.37 bits per heavy atom. The molecule has 1 spiro atoms. The van der Waals surface area contributed by atoms with E-state index in [1.165, 1.54) is 4.90 Å². The molecule has 2 saturated heterocycles. The molecule has 4 heterocycles. The zero-order chi connectivity index (χ0) is 27.2. The van der Waals surface area contributed by atoms with Crippen LogP contribution in [0, 0.1) is 11.8 Å². The van der Waals surface area contributed by atoms with Gasteiger partial charge in [0, 0.05) is 26.2 Å². The number of likely N-dealkylation sites (tertiary alicyclic amines) is 1. The van der Waals surface area contributed by atoms with Crippen LogP contribution >= 0.6 is 0 Å². The summed E-state index contributed by atoms with van der Waals surface area (Å²) in [7, 11) is 1.74. The molecule has 0 saturated carbocycles. The van der Waals surface area contributed by atoms with Crippen LogP contribution in [0.5, 0.6) is 0 Å². The standard InChI is InChI=1S/C30H39N3O5/c1-5-12-20(3)32-18-11-16-30-24(23-26(35)31(4)17-10-15-29(23,6-2)38-30)27(36)33(25(30)28(32)37)22(19-34)21-13-8-7-9-14-21/h7-11,13-16,20,22-25,34H,5-6,12,17-19H2,1-4H3/t20?,22-,23+,24+,25?,29-,30+/m1/s1. The molecule has 2 unspecified atom stereocenters. The Bertz CT molecular complexity index is 1150. The Labute approximate surface area is 224 Å². The van der Waals surface area contributed by atoms with Gasteiger partial charge >= 0.3 is 0 Å². The van der Waals surface area contributed by atoms with Gasteiger partial charge in [-0.25, -0.2) is 0 Å². The molecule has 1 aromatic carbocycles. The zero-order valence-corrected chi connectivity index (χ0v) is 22.7. The number of fused-ring (bicyclic) bond motifs is 2. The van der Waals surface area contributed by atoms with Crippen LogP contribution in [0.3, 0.4) is 0 Å². The number of ether oxygens (including phenoxy) is 1. The highest BCUT2D eigenvalue weighted by atomic mass is 16.5. The lowest BCUT2D eigenvalue weighted by molar-refractivity contribution is -0.158. The Kier molecular flexibility index (Phi) is 6.99. The number of hydrogen-bond acceptors (Lipinski definition) is 5. The molecule has 8 heteroatoms. The molecule has 4 aliphatic heterocycles. The second-order valence-corrected chi connectivity index (χ2v) is 11.1. The van der Waals surface area contributed by atoms with Crippen LogP contribution in [0.4, 0.5) is 0 Å². The molecule has 3 amide bonds. The summed E-state index contributed by atoms with van der Waals surface area (Å²) in [5.74, 6) is -2.34. The maximum atomic E-state index is 14.6. The minimum absolute atomic E-state index is 0.0349. The fourth-order valence-corrected chi connectivity index (χ4v) is 7.17. The number of carbonyl (C=O) groups is 3. The number of carbonyl (C=O) groups excluding carboxylic acids is 3. The van der Waals surface area contributed by atoms with E-state index < -0.39 is 35.1 Å². The zero-order valence-electron chi connectivity index (χ0n) is 22.7. The van der Waals surface area contributed by atoms with Gasteiger partial charge in [-0.05, 0) is 25.3 Å². The minimum Gasteiger partial charge on any atom is -0.394 e. The number of amides is 3. The Balaban J connectivity index is 1.71. The van der Waals surface area contributed by atoms with Gasteiger partial charge in [-0.1, -0.05) is 74.9 Å². The van der Waals surface area contributed by atoms with Crippen LogP contribution in [0.1, 0.15) is 51.6 Å². The van der Waals surface area contributed by atoms with Crippen molar-refractivity contribution >= 4 is 17.7 Å². The molecule has 2 fully saturated rings. The molecule has 0 aromatic heterocycles. The first-order valence-corrected chi connectivity index (χ1v) is 13.8. The molecule has 204 valence electrons. The molecule has 7 atom stereocenters. The summed E-state index contributed by atoms with van der Waals surface area (Å²) in [5, 5.41) is 10.6. The lowest BCUT2D eigenvalue weighted by Crippen LogP contribution is -2.58. The molecule has 8 nitrogen and oxygen atoms in total. The van der Waals surface area contributed by atoms with Gasteiger partial charge in [0.25, 0.3) is 0 Å². The summed E-state index contributed by atoms with van der Waals surface area (Å²) in [6, 6.07) is 7.51. The summed E-state index contributed by atoms with van der Waals surface area (Å²) < 4.78 is 6.97. The molecule has 0 radical (unpaired) electrons. The second-order valence-electron chi connectivity index (χ2n) is 11.1. The molecule has 5 rings (SSSR count). The highest BCUT2D eigenvalue weighted by Crippen LogP contribution is 2.59. The minimum atomic E-state index is -1.32. The van der Waals surface area contributed by atoms with Gasteiger partial charge in [0.15, 0.2) is 0 Å². The molecule has 0 bridgehead atoms. The molecule has 1 aromatic rings. The van der Waals surface area contributed by atoms with Crippen molar-refractivity contribution in [2.24, 2.45) is 11.8 Å². The summed E-state index contributed by atoms with van der Waals surface area (Å²) in [6.07, 6.45) is 9.90. The third-order valence-electron chi connectivity index (χ3n) is 9.04. The van der Waals surface area contributed by atoms with E-state index in [1.54, 1.807) is 11.9 Å². The predicted molar refractivity (Wildman–Crippen MR) is 143 cm³/mol. The summed E-state index contributed by atoms with van der Waals surface area (Å²) >= 11 is 0. The van der Waals surface area contributed by atoms with Crippen LogP contribution < -0.4 is 0 Å². The fraction of sp³-hybridized carbons (Fsp3) is 0.567. The van der Waals surface area contributed by atoms with Gasteiger partial charge in [0.1, 0.15) is 11.6 Å². The van der Waals surface area contributed by atoms with Gasteiger partial charge < -0.3 is 24.5 Å². The number of benzene rings is 1. The molecule has 38 heavy (non-hydrogen) atoms. The van der Waals surface area contributed by atoms with E-state index in [4.69, 9.17) is 4.74 Å².